The summed E-state index contributed by atoms with van der Waals surface area (Å²) in [5.41, 5.74) is 0.876. The lowest BCUT2D eigenvalue weighted by atomic mass is 10.4. The molecule has 0 aliphatic carbocycles. The van der Waals surface area contributed by atoms with Crippen molar-refractivity contribution < 1.29 is 4.52 Å². The van der Waals surface area contributed by atoms with Gasteiger partial charge in [0.2, 0.25) is 0 Å². The maximum absolute atomic E-state index is 4.70. The highest BCUT2D eigenvalue weighted by molar-refractivity contribution is 4.95. The minimum atomic E-state index is 0.633. The van der Waals surface area contributed by atoms with Crippen molar-refractivity contribution in [1.82, 2.24) is 20.4 Å². The number of nitrogens with zero attached hydrogens (tertiary/aromatic N) is 3. The van der Waals surface area contributed by atoms with Crippen LogP contribution in [0.5, 0.6) is 0 Å². The van der Waals surface area contributed by atoms with E-state index in [-0.39, 0.29) is 0 Å². The average Bonchev–Trinajstić information content (AvgIpc) is 2.72. The van der Waals surface area contributed by atoms with Gasteiger partial charge in [0, 0.05) is 25.0 Å². The van der Waals surface area contributed by atoms with Crippen LogP contribution in [0, 0.1) is 0 Å². The van der Waals surface area contributed by atoms with Crippen LogP contribution in [0.15, 0.2) is 35.3 Å². The van der Waals surface area contributed by atoms with E-state index in [2.05, 4.69) is 20.4 Å². The van der Waals surface area contributed by atoms with E-state index in [0.717, 1.165) is 11.5 Å². The van der Waals surface area contributed by atoms with E-state index in [1.165, 1.54) is 0 Å². The molecule has 0 saturated heterocycles. The van der Waals surface area contributed by atoms with Gasteiger partial charge >= 0.3 is 0 Å². The number of rotatable bonds is 4. The molecule has 0 fully saturated rings. The van der Waals surface area contributed by atoms with E-state index in [9.17, 15) is 0 Å². The second kappa shape index (κ2) is 4.48. The number of aromatic nitrogens is 3. The summed E-state index contributed by atoms with van der Waals surface area (Å²) in [7, 11) is 0. The Morgan fingerprint density at radius 2 is 2.07 bits per heavy atom. The Labute approximate surface area is 81.2 Å². The molecular formula is C9H10N4O. The van der Waals surface area contributed by atoms with Crippen molar-refractivity contribution in [2.45, 2.75) is 13.1 Å². The molecule has 0 unspecified atom stereocenters. The normalized spacial score (nSPS) is 10.3. The molecule has 0 spiro atoms. The third-order valence-electron chi connectivity index (χ3n) is 1.70. The van der Waals surface area contributed by atoms with Crippen LogP contribution in [0.3, 0.4) is 0 Å². The van der Waals surface area contributed by atoms with Crippen molar-refractivity contribution in [3.8, 4) is 0 Å². The largest absolute Gasteiger partial charge is 0.364 e. The van der Waals surface area contributed by atoms with E-state index in [0.29, 0.717) is 13.1 Å². The lowest BCUT2D eigenvalue weighted by Gasteiger charge is -1.99. The molecule has 2 aromatic heterocycles. The predicted molar refractivity (Wildman–Crippen MR) is 49.1 cm³/mol. The van der Waals surface area contributed by atoms with Crippen molar-refractivity contribution in [1.29, 1.82) is 0 Å². The van der Waals surface area contributed by atoms with Gasteiger partial charge < -0.3 is 9.84 Å². The molecule has 0 atom stereocenters. The number of hydrogen-bond donors (Lipinski definition) is 1. The Kier molecular flexibility index (Phi) is 2.82. The minimum Gasteiger partial charge on any atom is -0.364 e. The van der Waals surface area contributed by atoms with E-state index in [1.807, 2.05) is 6.07 Å². The quantitative estimate of drug-likeness (QED) is 0.770. The van der Waals surface area contributed by atoms with E-state index < -0.39 is 0 Å². The molecule has 0 saturated carbocycles. The highest BCUT2D eigenvalue weighted by atomic mass is 16.5. The molecule has 0 amide bonds. The minimum absolute atomic E-state index is 0.633. The number of nitrogens with one attached hydrogen (secondary N) is 1. The van der Waals surface area contributed by atoms with E-state index in [4.69, 9.17) is 4.52 Å². The topological polar surface area (TPSA) is 63.8 Å². The van der Waals surface area contributed by atoms with Crippen LogP contribution in [-0.2, 0) is 13.1 Å². The maximum Gasteiger partial charge on any atom is 0.141 e. The second-order valence-electron chi connectivity index (χ2n) is 2.76. The van der Waals surface area contributed by atoms with Crippen LogP contribution in [0.25, 0.3) is 0 Å². The first kappa shape index (κ1) is 8.83. The average molecular weight is 190 g/mol. The second-order valence-corrected chi connectivity index (χ2v) is 2.76. The lowest BCUT2D eigenvalue weighted by Crippen LogP contribution is -2.14. The summed E-state index contributed by atoms with van der Waals surface area (Å²) in [6, 6.07) is 3.61. The summed E-state index contributed by atoms with van der Waals surface area (Å²) in [5.74, 6) is 0.774. The number of hydrogen-bond acceptors (Lipinski definition) is 5. The first-order valence-corrected chi connectivity index (χ1v) is 4.31. The SMILES string of the molecule is c1cnc(CNCc2ccon2)nc1. The zero-order valence-electron chi connectivity index (χ0n) is 7.55. The van der Waals surface area contributed by atoms with Gasteiger partial charge in [0.1, 0.15) is 12.1 Å². The van der Waals surface area contributed by atoms with Crippen molar-refractivity contribution in [3.63, 3.8) is 0 Å². The van der Waals surface area contributed by atoms with Crippen molar-refractivity contribution in [2.24, 2.45) is 0 Å². The Bertz CT molecular complexity index is 360. The van der Waals surface area contributed by atoms with Gasteiger partial charge in [0.05, 0.1) is 12.2 Å². The maximum atomic E-state index is 4.70. The predicted octanol–water partition coefficient (Wildman–Crippen LogP) is 0.754. The summed E-state index contributed by atoms with van der Waals surface area (Å²) in [4.78, 5) is 8.16. The monoisotopic (exact) mass is 190 g/mol. The molecule has 0 bridgehead atoms. The zero-order valence-corrected chi connectivity index (χ0v) is 7.55. The van der Waals surface area contributed by atoms with Gasteiger partial charge in [-0.25, -0.2) is 9.97 Å². The molecule has 2 heterocycles. The Balaban J connectivity index is 1.79. The van der Waals surface area contributed by atoms with Gasteiger partial charge in [-0.1, -0.05) is 5.16 Å². The first-order valence-electron chi connectivity index (χ1n) is 4.31. The smallest absolute Gasteiger partial charge is 0.141 e. The van der Waals surface area contributed by atoms with Crippen LogP contribution >= 0.6 is 0 Å². The summed E-state index contributed by atoms with van der Waals surface area (Å²) >= 11 is 0. The van der Waals surface area contributed by atoms with Crippen LogP contribution in [0.2, 0.25) is 0 Å². The summed E-state index contributed by atoms with van der Waals surface area (Å²) in [6.45, 7) is 1.29. The van der Waals surface area contributed by atoms with Crippen LogP contribution in [0.1, 0.15) is 11.5 Å². The standard InChI is InChI=1S/C9H10N4O/c1-3-11-9(12-4-1)7-10-6-8-2-5-14-13-8/h1-5,10H,6-7H2. The summed E-state index contributed by atoms with van der Waals surface area (Å²) in [6.07, 6.45) is 5.00. The van der Waals surface area contributed by atoms with Gasteiger partial charge in [-0.15, -0.1) is 0 Å². The fraction of sp³-hybridized carbons (Fsp3) is 0.222. The highest BCUT2D eigenvalue weighted by Gasteiger charge is 1.97. The molecule has 0 radical (unpaired) electrons. The molecule has 5 heteroatoms. The molecule has 2 aromatic rings. The molecule has 2 rings (SSSR count). The van der Waals surface area contributed by atoms with Crippen LogP contribution < -0.4 is 5.32 Å². The van der Waals surface area contributed by atoms with Crippen LogP contribution in [0.4, 0.5) is 0 Å². The molecule has 0 aromatic carbocycles. The third kappa shape index (κ3) is 2.37. The molecule has 5 nitrogen and oxygen atoms in total. The van der Waals surface area contributed by atoms with E-state index >= 15 is 0 Å². The first-order chi connectivity index (χ1) is 6.95. The molecule has 72 valence electrons. The van der Waals surface area contributed by atoms with Crippen LogP contribution in [-0.4, -0.2) is 15.1 Å². The third-order valence-corrected chi connectivity index (χ3v) is 1.70. The Morgan fingerprint density at radius 3 is 2.79 bits per heavy atom. The fourth-order valence-corrected chi connectivity index (χ4v) is 1.05. The van der Waals surface area contributed by atoms with Gasteiger partial charge in [-0.3, -0.25) is 0 Å². The fourth-order valence-electron chi connectivity index (χ4n) is 1.05. The Hall–Kier alpha value is -1.75. The van der Waals surface area contributed by atoms with Gasteiger partial charge in [0.25, 0.3) is 0 Å². The van der Waals surface area contributed by atoms with Gasteiger partial charge in [-0.2, -0.15) is 0 Å². The highest BCUT2D eigenvalue weighted by Crippen LogP contribution is 1.94. The lowest BCUT2D eigenvalue weighted by molar-refractivity contribution is 0.408. The van der Waals surface area contributed by atoms with Crippen molar-refractivity contribution in [2.75, 3.05) is 0 Å². The molecule has 0 aliphatic rings. The van der Waals surface area contributed by atoms with Crippen molar-refractivity contribution >= 4 is 0 Å². The summed E-state index contributed by atoms with van der Waals surface area (Å²) < 4.78 is 4.70. The molecule has 14 heavy (non-hydrogen) atoms. The van der Waals surface area contributed by atoms with Gasteiger partial charge in [-0.05, 0) is 6.07 Å². The van der Waals surface area contributed by atoms with Crippen molar-refractivity contribution in [3.05, 3.63) is 42.3 Å². The molecule has 1 N–H and O–H groups in total. The molecule has 0 aliphatic heterocycles. The van der Waals surface area contributed by atoms with E-state index in [1.54, 1.807) is 24.7 Å². The zero-order chi connectivity index (χ0) is 9.64. The molecular weight excluding hydrogens is 180 g/mol. The summed E-state index contributed by atoms with van der Waals surface area (Å²) in [5, 5.41) is 6.93. The Morgan fingerprint density at radius 1 is 1.21 bits per heavy atom. The van der Waals surface area contributed by atoms with Gasteiger partial charge in [0.15, 0.2) is 0 Å².